The normalized spacial score (nSPS) is 12.7. The number of H-pyrrole nitrogens is 1. The number of rotatable bonds is 6. The molecule has 8 heteroatoms. The maximum atomic E-state index is 12.2. The van der Waals surface area contributed by atoms with Crippen LogP contribution < -0.4 is 5.32 Å². The van der Waals surface area contributed by atoms with Crippen molar-refractivity contribution in [2.24, 2.45) is 5.41 Å². The van der Waals surface area contributed by atoms with Gasteiger partial charge in [-0.15, -0.1) is 0 Å². The molecule has 0 fully saturated rings. The second-order valence-electron chi connectivity index (χ2n) is 6.11. The zero-order valence-electron chi connectivity index (χ0n) is 12.9. The van der Waals surface area contributed by atoms with E-state index in [2.05, 4.69) is 15.5 Å². The average molecular weight is 336 g/mol. The molecular formula is C13H22ClN3O3S. The van der Waals surface area contributed by atoms with Gasteiger partial charge in [-0.25, -0.2) is 8.42 Å². The van der Waals surface area contributed by atoms with Crippen molar-refractivity contribution in [3.63, 3.8) is 0 Å². The second kappa shape index (κ2) is 6.36. The van der Waals surface area contributed by atoms with Crippen molar-refractivity contribution < 1.29 is 13.2 Å². The van der Waals surface area contributed by atoms with Gasteiger partial charge in [0.2, 0.25) is 0 Å². The first kappa shape index (κ1) is 18.0. The molecule has 0 saturated heterocycles. The van der Waals surface area contributed by atoms with Crippen LogP contribution in [0.1, 0.15) is 63.1 Å². The van der Waals surface area contributed by atoms with E-state index in [0.717, 1.165) is 6.42 Å². The minimum atomic E-state index is -4.05. The topological polar surface area (TPSA) is 91.9 Å². The number of carbonyl (C=O) groups is 1. The summed E-state index contributed by atoms with van der Waals surface area (Å²) in [4.78, 5) is 12.0. The van der Waals surface area contributed by atoms with Crippen LogP contribution in [0.15, 0.2) is 4.90 Å². The number of nitrogens with one attached hydrogen (secondary N) is 2. The van der Waals surface area contributed by atoms with Crippen molar-refractivity contribution in [3.05, 3.63) is 11.4 Å². The van der Waals surface area contributed by atoms with Crippen LogP contribution >= 0.6 is 10.7 Å². The molecule has 0 unspecified atom stereocenters. The number of halogens is 1. The van der Waals surface area contributed by atoms with Gasteiger partial charge in [0.05, 0.1) is 5.69 Å². The molecular weight excluding hydrogens is 314 g/mol. The monoisotopic (exact) mass is 335 g/mol. The summed E-state index contributed by atoms with van der Waals surface area (Å²) in [5.74, 6) is -0.687. The molecule has 0 aromatic carbocycles. The Morgan fingerprint density at radius 3 is 2.43 bits per heavy atom. The van der Waals surface area contributed by atoms with Crippen LogP contribution in [0, 0.1) is 5.41 Å². The molecule has 2 N–H and O–H groups in total. The first-order chi connectivity index (χ1) is 9.49. The van der Waals surface area contributed by atoms with Crippen LogP contribution in [0.3, 0.4) is 0 Å². The van der Waals surface area contributed by atoms with Gasteiger partial charge in [-0.2, -0.15) is 5.10 Å². The first-order valence-corrected chi connectivity index (χ1v) is 9.11. The van der Waals surface area contributed by atoms with Gasteiger partial charge >= 0.3 is 0 Å². The number of nitrogens with zero attached hydrogens (tertiary/aromatic N) is 1. The van der Waals surface area contributed by atoms with E-state index in [1.807, 2.05) is 20.8 Å². The SMILES string of the molecule is CCC(C)(C)CNC(=O)c1n[nH]c(C(C)C)c1S(=O)(=O)Cl. The molecule has 0 radical (unpaired) electrons. The largest absolute Gasteiger partial charge is 0.350 e. The van der Waals surface area contributed by atoms with Crippen LogP contribution in [0.25, 0.3) is 0 Å². The van der Waals surface area contributed by atoms with Crippen LogP contribution in [-0.2, 0) is 9.05 Å². The molecule has 1 aromatic heterocycles. The number of hydrogen-bond donors (Lipinski definition) is 2. The zero-order valence-corrected chi connectivity index (χ0v) is 14.5. The lowest BCUT2D eigenvalue weighted by Gasteiger charge is -2.22. The zero-order chi connectivity index (χ0) is 16.4. The number of aromatic nitrogens is 2. The van der Waals surface area contributed by atoms with Crippen molar-refractivity contribution >= 4 is 25.6 Å². The van der Waals surface area contributed by atoms with Gasteiger partial charge in [0.15, 0.2) is 5.69 Å². The van der Waals surface area contributed by atoms with E-state index in [1.54, 1.807) is 13.8 Å². The summed E-state index contributed by atoms with van der Waals surface area (Å²) in [7, 11) is 1.40. The molecule has 0 spiro atoms. The van der Waals surface area contributed by atoms with Crippen molar-refractivity contribution in [2.75, 3.05) is 6.54 Å². The highest BCUT2D eigenvalue weighted by molar-refractivity contribution is 8.13. The molecule has 0 aliphatic carbocycles. The van der Waals surface area contributed by atoms with Crippen LogP contribution in [0.2, 0.25) is 0 Å². The summed E-state index contributed by atoms with van der Waals surface area (Å²) >= 11 is 0. The summed E-state index contributed by atoms with van der Waals surface area (Å²) in [6.07, 6.45) is 0.881. The first-order valence-electron chi connectivity index (χ1n) is 6.80. The van der Waals surface area contributed by atoms with E-state index in [9.17, 15) is 13.2 Å². The van der Waals surface area contributed by atoms with Gasteiger partial charge in [0.1, 0.15) is 4.90 Å². The Hall–Kier alpha value is -1.08. The van der Waals surface area contributed by atoms with Crippen LogP contribution in [-0.4, -0.2) is 31.1 Å². The summed E-state index contributed by atoms with van der Waals surface area (Å²) < 4.78 is 23.5. The summed E-state index contributed by atoms with van der Waals surface area (Å²) in [6.45, 7) is 10.1. The van der Waals surface area contributed by atoms with E-state index < -0.39 is 15.0 Å². The Morgan fingerprint density at radius 1 is 1.43 bits per heavy atom. The Morgan fingerprint density at radius 2 is 2.00 bits per heavy atom. The molecule has 1 rings (SSSR count). The maximum absolute atomic E-state index is 12.2. The highest BCUT2D eigenvalue weighted by atomic mass is 35.7. The number of hydrogen-bond acceptors (Lipinski definition) is 4. The highest BCUT2D eigenvalue weighted by Gasteiger charge is 2.30. The molecule has 21 heavy (non-hydrogen) atoms. The molecule has 0 aliphatic rings. The minimum Gasteiger partial charge on any atom is -0.350 e. The lowest BCUT2D eigenvalue weighted by molar-refractivity contribution is 0.0927. The Kier molecular flexibility index (Phi) is 5.44. The van der Waals surface area contributed by atoms with Crippen molar-refractivity contribution in [2.45, 2.75) is 51.9 Å². The lowest BCUT2D eigenvalue weighted by atomic mass is 9.90. The molecule has 0 saturated carbocycles. The summed E-state index contributed by atoms with van der Waals surface area (Å²) in [5.41, 5.74) is 0.0813. The molecule has 120 valence electrons. The Labute approximate surface area is 130 Å². The van der Waals surface area contributed by atoms with Crippen LogP contribution in [0.4, 0.5) is 0 Å². The highest BCUT2D eigenvalue weighted by Crippen LogP contribution is 2.28. The van der Waals surface area contributed by atoms with Crippen molar-refractivity contribution in [1.29, 1.82) is 0 Å². The smallest absolute Gasteiger partial charge is 0.273 e. The van der Waals surface area contributed by atoms with Gasteiger partial charge in [0, 0.05) is 17.2 Å². The minimum absolute atomic E-state index is 0.0765. The molecule has 1 heterocycles. The predicted octanol–water partition coefficient (Wildman–Crippen LogP) is 2.63. The number of carbonyl (C=O) groups excluding carboxylic acids is 1. The molecule has 6 nitrogen and oxygen atoms in total. The molecule has 0 aliphatic heterocycles. The number of amides is 1. The molecule has 0 bridgehead atoms. The van der Waals surface area contributed by atoms with E-state index in [4.69, 9.17) is 10.7 Å². The van der Waals surface area contributed by atoms with E-state index in [-0.39, 0.29) is 21.9 Å². The summed E-state index contributed by atoms with van der Waals surface area (Å²) in [6, 6.07) is 0. The van der Waals surface area contributed by atoms with E-state index in [0.29, 0.717) is 12.2 Å². The van der Waals surface area contributed by atoms with Gasteiger partial charge in [0.25, 0.3) is 15.0 Å². The van der Waals surface area contributed by atoms with Crippen molar-refractivity contribution in [1.82, 2.24) is 15.5 Å². The lowest BCUT2D eigenvalue weighted by Crippen LogP contribution is -2.34. The third kappa shape index (κ3) is 4.44. The molecule has 1 aromatic rings. The fourth-order valence-corrected chi connectivity index (χ4v) is 3.05. The fourth-order valence-electron chi connectivity index (χ4n) is 1.67. The third-order valence-electron chi connectivity index (χ3n) is 3.47. The Balaban J connectivity index is 3.12. The predicted molar refractivity (Wildman–Crippen MR) is 82.1 cm³/mol. The van der Waals surface area contributed by atoms with E-state index in [1.165, 1.54) is 0 Å². The maximum Gasteiger partial charge on any atom is 0.273 e. The standard InChI is InChI=1S/C13H22ClN3O3S/c1-6-13(4,5)7-15-12(18)10-11(21(14,19)20)9(8(2)3)16-17-10/h8H,6-7H2,1-5H3,(H,15,18)(H,16,17). The van der Waals surface area contributed by atoms with Crippen LogP contribution in [0.5, 0.6) is 0 Å². The van der Waals surface area contributed by atoms with Gasteiger partial charge < -0.3 is 5.32 Å². The fraction of sp³-hybridized carbons (Fsp3) is 0.692. The average Bonchev–Trinajstić information content (AvgIpc) is 2.81. The van der Waals surface area contributed by atoms with Crippen molar-refractivity contribution in [3.8, 4) is 0 Å². The Bertz CT molecular complexity index is 621. The van der Waals surface area contributed by atoms with E-state index >= 15 is 0 Å². The van der Waals surface area contributed by atoms with Gasteiger partial charge in [-0.05, 0) is 17.8 Å². The number of aromatic amines is 1. The second-order valence-corrected chi connectivity index (χ2v) is 8.61. The molecule has 1 amide bonds. The third-order valence-corrected chi connectivity index (χ3v) is 4.83. The summed E-state index contributed by atoms with van der Waals surface area (Å²) in [5, 5.41) is 9.14. The van der Waals surface area contributed by atoms with Gasteiger partial charge in [-0.1, -0.05) is 34.6 Å². The van der Waals surface area contributed by atoms with Gasteiger partial charge in [-0.3, -0.25) is 9.89 Å². The quantitative estimate of drug-likeness (QED) is 0.782. The molecule has 0 atom stereocenters.